The van der Waals surface area contributed by atoms with Crippen molar-refractivity contribution in [2.45, 2.75) is 0 Å². The topological polar surface area (TPSA) is 134 Å². The van der Waals surface area contributed by atoms with Crippen LogP contribution >= 0.6 is 11.6 Å². The lowest BCUT2D eigenvalue weighted by atomic mass is 10.3. The third-order valence-electron chi connectivity index (χ3n) is 2.73. The lowest BCUT2D eigenvalue weighted by Crippen LogP contribution is -2.34. The molecule has 0 radical (unpaired) electrons. The van der Waals surface area contributed by atoms with Gasteiger partial charge in [0, 0.05) is 17.8 Å². The highest BCUT2D eigenvalue weighted by molar-refractivity contribution is 6.30. The van der Waals surface area contributed by atoms with Crippen LogP contribution in [0.3, 0.4) is 0 Å². The summed E-state index contributed by atoms with van der Waals surface area (Å²) in [5, 5.41) is 21.9. The maximum Gasteiger partial charge on any atom is 0.330 e. The zero-order chi connectivity index (χ0) is 16.3. The normalized spacial score (nSPS) is 10.1. The van der Waals surface area contributed by atoms with Gasteiger partial charge < -0.3 is 11.1 Å². The minimum absolute atomic E-state index is 0.0797. The fourth-order valence-electron chi connectivity index (χ4n) is 1.58. The van der Waals surface area contributed by atoms with Gasteiger partial charge in [0.15, 0.2) is 5.96 Å². The van der Waals surface area contributed by atoms with Crippen LogP contribution in [0.1, 0.15) is 0 Å². The lowest BCUT2D eigenvalue weighted by Gasteiger charge is -2.16. The predicted octanol–water partition coefficient (Wildman–Crippen LogP) is 2.11. The molecular formula is C12H12ClN7O2. The quantitative estimate of drug-likeness (QED) is 0.340. The highest BCUT2D eigenvalue weighted by Crippen LogP contribution is 2.26. The van der Waals surface area contributed by atoms with Gasteiger partial charge in [0.2, 0.25) is 11.8 Å². The van der Waals surface area contributed by atoms with Crippen LogP contribution in [-0.2, 0) is 0 Å². The highest BCUT2D eigenvalue weighted by Gasteiger charge is 2.22. The molecule has 0 atom stereocenters. The molecule has 2 rings (SSSR count). The van der Waals surface area contributed by atoms with E-state index in [2.05, 4.69) is 15.3 Å². The number of benzene rings is 1. The van der Waals surface area contributed by atoms with E-state index in [1.807, 2.05) is 0 Å². The van der Waals surface area contributed by atoms with Gasteiger partial charge in [-0.3, -0.25) is 20.4 Å². The number of rotatable bonds is 4. The molecule has 0 aliphatic rings. The number of hydrogen-bond acceptors (Lipinski definition) is 6. The third-order valence-corrected chi connectivity index (χ3v) is 2.98. The van der Waals surface area contributed by atoms with Crippen LogP contribution in [0, 0.1) is 15.5 Å². The van der Waals surface area contributed by atoms with Crippen LogP contribution in [0.5, 0.6) is 0 Å². The first-order valence-electron chi connectivity index (χ1n) is 6.00. The summed E-state index contributed by atoms with van der Waals surface area (Å²) in [7, 11) is 1.41. The fourth-order valence-corrected chi connectivity index (χ4v) is 1.70. The number of nitro groups is 1. The molecule has 4 N–H and O–H groups in total. The second-order valence-electron chi connectivity index (χ2n) is 4.24. The number of nitrogens with two attached hydrogens (primary N) is 1. The smallest absolute Gasteiger partial charge is 0.330 e. The van der Waals surface area contributed by atoms with E-state index in [4.69, 9.17) is 22.7 Å². The maximum atomic E-state index is 11.0. The van der Waals surface area contributed by atoms with Crippen LogP contribution < -0.4 is 16.0 Å². The molecular weight excluding hydrogens is 310 g/mol. The average Bonchev–Trinajstić information content (AvgIpc) is 2.48. The minimum atomic E-state index is -0.638. The van der Waals surface area contributed by atoms with E-state index in [0.29, 0.717) is 10.7 Å². The molecule has 0 spiro atoms. The molecule has 114 valence electrons. The van der Waals surface area contributed by atoms with Crippen molar-refractivity contribution in [3.8, 4) is 0 Å². The van der Waals surface area contributed by atoms with Crippen molar-refractivity contribution in [1.29, 1.82) is 5.41 Å². The van der Waals surface area contributed by atoms with Crippen LogP contribution in [0.2, 0.25) is 5.02 Å². The number of nitrogens with one attached hydrogen (secondary N) is 2. The van der Waals surface area contributed by atoms with Crippen LogP contribution in [-0.4, -0.2) is 27.9 Å². The number of anilines is 3. The monoisotopic (exact) mass is 321 g/mol. The van der Waals surface area contributed by atoms with Crippen molar-refractivity contribution >= 4 is 40.7 Å². The molecule has 1 aromatic carbocycles. The van der Waals surface area contributed by atoms with E-state index in [9.17, 15) is 10.1 Å². The Kier molecular flexibility index (Phi) is 4.37. The molecule has 10 heteroatoms. The molecule has 0 amide bonds. The van der Waals surface area contributed by atoms with Gasteiger partial charge in [0.05, 0.1) is 4.92 Å². The van der Waals surface area contributed by atoms with Gasteiger partial charge in [-0.15, -0.1) is 0 Å². The van der Waals surface area contributed by atoms with E-state index >= 15 is 0 Å². The summed E-state index contributed by atoms with van der Waals surface area (Å²) in [6, 6.07) is 6.78. The second kappa shape index (κ2) is 6.22. The Balaban J connectivity index is 2.37. The summed E-state index contributed by atoms with van der Waals surface area (Å²) < 4.78 is 0. The molecule has 22 heavy (non-hydrogen) atoms. The van der Waals surface area contributed by atoms with Gasteiger partial charge in [-0.2, -0.15) is 4.98 Å². The van der Waals surface area contributed by atoms with Gasteiger partial charge in [0.1, 0.15) is 6.20 Å². The molecule has 2 aromatic rings. The maximum absolute atomic E-state index is 11.0. The molecule has 0 bridgehead atoms. The van der Waals surface area contributed by atoms with Gasteiger partial charge in [-0.25, -0.2) is 4.98 Å². The van der Waals surface area contributed by atoms with E-state index < -0.39 is 4.92 Å². The van der Waals surface area contributed by atoms with Crippen LogP contribution in [0.15, 0.2) is 30.5 Å². The Morgan fingerprint density at radius 2 is 2.09 bits per heavy atom. The predicted molar refractivity (Wildman–Crippen MR) is 83.7 cm³/mol. The Morgan fingerprint density at radius 1 is 1.45 bits per heavy atom. The number of aromatic nitrogens is 2. The summed E-state index contributed by atoms with van der Waals surface area (Å²) in [5.74, 6) is -0.320. The Bertz CT molecular complexity index is 720. The Morgan fingerprint density at radius 3 is 2.64 bits per heavy atom. The van der Waals surface area contributed by atoms with E-state index in [1.54, 1.807) is 24.3 Å². The summed E-state index contributed by atoms with van der Waals surface area (Å²) >= 11 is 5.79. The number of halogens is 1. The Hall–Kier alpha value is -2.94. The van der Waals surface area contributed by atoms with Crippen molar-refractivity contribution in [3.63, 3.8) is 0 Å². The van der Waals surface area contributed by atoms with Crippen molar-refractivity contribution in [2.75, 3.05) is 17.3 Å². The molecule has 1 heterocycles. The molecule has 0 unspecified atom stereocenters. The van der Waals surface area contributed by atoms with Gasteiger partial charge in [-0.1, -0.05) is 11.6 Å². The first-order chi connectivity index (χ1) is 10.4. The van der Waals surface area contributed by atoms with Crippen molar-refractivity contribution < 1.29 is 4.92 Å². The highest BCUT2D eigenvalue weighted by atomic mass is 35.5. The Labute approximate surface area is 130 Å². The van der Waals surface area contributed by atoms with Crippen molar-refractivity contribution in [1.82, 2.24) is 9.97 Å². The summed E-state index contributed by atoms with van der Waals surface area (Å²) in [4.78, 5) is 19.4. The van der Waals surface area contributed by atoms with Gasteiger partial charge >= 0.3 is 5.69 Å². The SMILES string of the molecule is CN(C(=N)N)c1nc(Nc2ccc(Cl)cc2)ncc1[N+](=O)[O-]. The van der Waals surface area contributed by atoms with E-state index in [0.717, 1.165) is 11.1 Å². The van der Waals surface area contributed by atoms with Gasteiger partial charge in [-0.05, 0) is 24.3 Å². The molecule has 1 aromatic heterocycles. The standard InChI is InChI=1S/C12H12ClN7O2/c1-19(11(14)15)10-9(20(21)22)6-16-12(18-10)17-8-4-2-7(13)3-5-8/h2-6H,1H3,(H3,14,15)(H,16,17,18). The van der Waals surface area contributed by atoms with Crippen LogP contribution in [0.4, 0.5) is 23.1 Å². The lowest BCUT2D eigenvalue weighted by molar-refractivity contribution is -0.384. The number of guanidine groups is 1. The summed E-state index contributed by atoms with van der Waals surface area (Å²) in [6.07, 6.45) is 1.06. The first-order valence-corrected chi connectivity index (χ1v) is 6.38. The zero-order valence-corrected chi connectivity index (χ0v) is 12.2. The van der Waals surface area contributed by atoms with Gasteiger partial charge in [0.25, 0.3) is 0 Å². The number of nitrogens with zero attached hydrogens (tertiary/aromatic N) is 4. The molecule has 0 aliphatic carbocycles. The molecule has 0 aliphatic heterocycles. The first kappa shape index (κ1) is 15.4. The van der Waals surface area contributed by atoms with Crippen LogP contribution in [0.25, 0.3) is 0 Å². The van der Waals surface area contributed by atoms with Crippen molar-refractivity contribution in [2.24, 2.45) is 5.73 Å². The third kappa shape index (κ3) is 3.38. The van der Waals surface area contributed by atoms with Crippen molar-refractivity contribution in [3.05, 3.63) is 45.6 Å². The molecule has 0 saturated carbocycles. The van der Waals surface area contributed by atoms with E-state index in [1.165, 1.54) is 7.05 Å². The van der Waals surface area contributed by atoms with E-state index in [-0.39, 0.29) is 23.4 Å². The second-order valence-corrected chi connectivity index (χ2v) is 4.67. The number of hydrogen-bond donors (Lipinski definition) is 3. The summed E-state index contributed by atoms with van der Waals surface area (Å²) in [5.41, 5.74) is 5.66. The zero-order valence-electron chi connectivity index (χ0n) is 11.4. The average molecular weight is 322 g/mol. The molecule has 9 nitrogen and oxygen atoms in total. The largest absolute Gasteiger partial charge is 0.370 e. The fraction of sp³-hybridized carbons (Fsp3) is 0.0833. The molecule has 0 saturated heterocycles. The molecule has 0 fully saturated rings. The summed E-state index contributed by atoms with van der Waals surface area (Å²) in [6.45, 7) is 0. The minimum Gasteiger partial charge on any atom is -0.370 e.